The van der Waals surface area contributed by atoms with Crippen LogP contribution in [0.15, 0.2) is 30.4 Å². The molecule has 5 rings (SSSR count). The summed E-state index contributed by atoms with van der Waals surface area (Å²) in [5.41, 5.74) is 3.63. The third-order valence-electron chi connectivity index (χ3n) is 6.75. The van der Waals surface area contributed by atoms with Crippen molar-refractivity contribution in [2.75, 3.05) is 0 Å². The molecule has 0 aliphatic heterocycles. The standard InChI is InChI=1S/C18H20O/c19-15-6-3-4-12-10-17-9-7-13(17)14-5-1-2-8-18(14,11-17)16(12)15/h1,3-6,13-14,19H,2,7-11H2. The van der Waals surface area contributed by atoms with Crippen LogP contribution in [0.3, 0.4) is 0 Å². The maximum absolute atomic E-state index is 10.5. The Morgan fingerprint density at radius 1 is 1.21 bits per heavy atom. The van der Waals surface area contributed by atoms with Crippen molar-refractivity contribution in [3.05, 3.63) is 41.5 Å². The van der Waals surface area contributed by atoms with E-state index in [0.717, 1.165) is 5.92 Å². The Bertz CT molecular complexity index is 602. The number of hydrogen-bond acceptors (Lipinski definition) is 1. The van der Waals surface area contributed by atoms with E-state index < -0.39 is 0 Å². The van der Waals surface area contributed by atoms with Crippen LogP contribution in [0, 0.1) is 17.3 Å². The van der Waals surface area contributed by atoms with Crippen LogP contribution in [0.25, 0.3) is 0 Å². The molecule has 98 valence electrons. The lowest BCUT2D eigenvalue weighted by Gasteiger charge is -2.48. The van der Waals surface area contributed by atoms with Gasteiger partial charge in [-0.3, -0.25) is 0 Å². The van der Waals surface area contributed by atoms with Gasteiger partial charge in [-0.15, -0.1) is 0 Å². The molecule has 0 amide bonds. The van der Waals surface area contributed by atoms with Crippen molar-refractivity contribution in [2.24, 2.45) is 17.3 Å². The average Bonchev–Trinajstić information content (AvgIpc) is 2.54. The van der Waals surface area contributed by atoms with Gasteiger partial charge in [0.25, 0.3) is 0 Å². The summed E-state index contributed by atoms with van der Waals surface area (Å²) in [7, 11) is 0. The Morgan fingerprint density at radius 3 is 3.00 bits per heavy atom. The van der Waals surface area contributed by atoms with Crippen LogP contribution in [0.1, 0.15) is 43.2 Å². The first-order chi connectivity index (χ1) is 9.25. The van der Waals surface area contributed by atoms with Crippen molar-refractivity contribution in [1.82, 2.24) is 0 Å². The zero-order valence-electron chi connectivity index (χ0n) is 11.2. The predicted molar refractivity (Wildman–Crippen MR) is 75.1 cm³/mol. The molecule has 4 unspecified atom stereocenters. The molecule has 2 fully saturated rings. The van der Waals surface area contributed by atoms with Gasteiger partial charge in [-0.2, -0.15) is 0 Å². The minimum Gasteiger partial charge on any atom is -0.508 e. The van der Waals surface area contributed by atoms with Crippen LogP contribution < -0.4 is 0 Å². The summed E-state index contributed by atoms with van der Waals surface area (Å²) in [4.78, 5) is 0. The monoisotopic (exact) mass is 252 g/mol. The highest BCUT2D eigenvalue weighted by Crippen LogP contribution is 2.74. The zero-order valence-corrected chi connectivity index (χ0v) is 11.2. The number of phenolic OH excluding ortho intramolecular Hbond substituents is 1. The first kappa shape index (κ1) is 10.5. The zero-order chi connectivity index (χ0) is 12.7. The Morgan fingerprint density at radius 2 is 2.16 bits per heavy atom. The molecule has 4 atom stereocenters. The van der Waals surface area contributed by atoms with Crippen molar-refractivity contribution in [2.45, 2.75) is 43.9 Å². The van der Waals surface area contributed by atoms with Crippen LogP contribution in [0.4, 0.5) is 0 Å². The molecule has 0 saturated heterocycles. The summed E-state index contributed by atoms with van der Waals surface area (Å²) in [5.74, 6) is 2.15. The van der Waals surface area contributed by atoms with Gasteiger partial charge in [0.2, 0.25) is 0 Å². The van der Waals surface area contributed by atoms with Crippen molar-refractivity contribution < 1.29 is 5.11 Å². The molecule has 1 aromatic rings. The number of allylic oxidation sites excluding steroid dienone is 2. The first-order valence-corrected chi connectivity index (χ1v) is 7.73. The Labute approximate surface area is 114 Å². The molecule has 1 aromatic carbocycles. The minimum absolute atomic E-state index is 0.273. The fraction of sp³-hybridized carbons (Fsp3) is 0.556. The SMILES string of the molecule is Oc1cccc2c1C13CCC=CC1C1CCC1(C2)C3. The highest BCUT2D eigenvalue weighted by Gasteiger charge is 2.67. The van der Waals surface area contributed by atoms with Crippen molar-refractivity contribution in [3.63, 3.8) is 0 Å². The maximum atomic E-state index is 10.5. The summed E-state index contributed by atoms with van der Waals surface area (Å²) in [6, 6.07) is 6.21. The van der Waals surface area contributed by atoms with Crippen LogP contribution >= 0.6 is 0 Å². The van der Waals surface area contributed by atoms with Crippen LogP contribution in [0.2, 0.25) is 0 Å². The van der Waals surface area contributed by atoms with Crippen molar-refractivity contribution in [1.29, 1.82) is 0 Å². The molecular formula is C18H20O. The van der Waals surface area contributed by atoms with Gasteiger partial charge in [0, 0.05) is 11.0 Å². The second-order valence-electron chi connectivity index (χ2n) is 7.32. The molecule has 4 aliphatic carbocycles. The minimum atomic E-state index is 0.273. The molecule has 2 saturated carbocycles. The van der Waals surface area contributed by atoms with E-state index in [1.807, 2.05) is 12.1 Å². The van der Waals surface area contributed by atoms with E-state index >= 15 is 0 Å². The largest absolute Gasteiger partial charge is 0.508 e. The van der Waals surface area contributed by atoms with Crippen LogP contribution in [0.5, 0.6) is 5.75 Å². The van der Waals surface area contributed by atoms with Crippen LogP contribution in [-0.2, 0) is 11.8 Å². The highest BCUT2D eigenvalue weighted by molar-refractivity contribution is 5.52. The molecule has 0 heterocycles. The molecule has 1 heteroatoms. The molecule has 1 N–H and O–H groups in total. The third-order valence-corrected chi connectivity index (χ3v) is 6.75. The maximum Gasteiger partial charge on any atom is 0.119 e. The first-order valence-electron chi connectivity index (χ1n) is 7.73. The molecule has 0 radical (unpaired) electrons. The Balaban J connectivity index is 1.82. The van der Waals surface area contributed by atoms with Crippen LogP contribution in [-0.4, -0.2) is 5.11 Å². The normalized spacial score (nSPS) is 45.1. The lowest BCUT2D eigenvalue weighted by Crippen LogP contribution is -2.40. The molecular weight excluding hydrogens is 232 g/mol. The smallest absolute Gasteiger partial charge is 0.119 e. The summed E-state index contributed by atoms with van der Waals surface area (Å²) < 4.78 is 0. The number of fused-ring (bicyclic) bond motifs is 2. The molecule has 2 spiro atoms. The molecule has 0 aromatic heterocycles. The predicted octanol–water partition coefficient (Wildman–Crippen LogP) is 3.95. The van der Waals surface area contributed by atoms with Gasteiger partial charge in [-0.1, -0.05) is 24.3 Å². The van der Waals surface area contributed by atoms with E-state index in [-0.39, 0.29) is 5.41 Å². The van der Waals surface area contributed by atoms with E-state index in [4.69, 9.17) is 0 Å². The molecule has 1 nitrogen and oxygen atoms in total. The molecule has 4 aliphatic rings. The van der Waals surface area contributed by atoms with Gasteiger partial charge in [0.05, 0.1) is 0 Å². The van der Waals surface area contributed by atoms with Crippen molar-refractivity contribution in [3.8, 4) is 5.75 Å². The Hall–Kier alpha value is -1.24. The summed E-state index contributed by atoms with van der Waals surface area (Å²) in [5, 5.41) is 10.5. The number of aromatic hydroxyl groups is 1. The van der Waals surface area contributed by atoms with E-state index in [1.54, 1.807) is 0 Å². The Kier molecular flexibility index (Phi) is 1.71. The quantitative estimate of drug-likeness (QED) is 0.693. The van der Waals surface area contributed by atoms with Crippen molar-refractivity contribution >= 4 is 0 Å². The number of rotatable bonds is 0. The molecule has 2 bridgehead atoms. The topological polar surface area (TPSA) is 20.2 Å². The van der Waals surface area contributed by atoms with E-state index in [0.29, 0.717) is 17.1 Å². The lowest BCUT2D eigenvalue weighted by molar-refractivity contribution is 0.0490. The third kappa shape index (κ3) is 1.02. The summed E-state index contributed by atoms with van der Waals surface area (Å²) in [6.45, 7) is 0. The summed E-state index contributed by atoms with van der Waals surface area (Å²) >= 11 is 0. The average molecular weight is 252 g/mol. The second-order valence-corrected chi connectivity index (χ2v) is 7.32. The van der Waals surface area contributed by atoms with Gasteiger partial charge in [-0.05, 0) is 67.4 Å². The lowest BCUT2D eigenvalue weighted by atomic mass is 9.56. The van der Waals surface area contributed by atoms with Gasteiger partial charge in [-0.25, -0.2) is 0 Å². The number of benzene rings is 1. The fourth-order valence-corrected chi connectivity index (χ4v) is 6.14. The van der Waals surface area contributed by atoms with E-state index in [9.17, 15) is 5.11 Å². The van der Waals surface area contributed by atoms with Gasteiger partial charge >= 0.3 is 0 Å². The number of phenols is 1. The van der Waals surface area contributed by atoms with Gasteiger partial charge in [0.1, 0.15) is 5.75 Å². The summed E-state index contributed by atoms with van der Waals surface area (Å²) in [6.07, 6.45) is 12.7. The van der Waals surface area contributed by atoms with Gasteiger partial charge < -0.3 is 5.11 Å². The molecule has 19 heavy (non-hydrogen) atoms. The number of hydrogen-bond donors (Lipinski definition) is 1. The van der Waals surface area contributed by atoms with Gasteiger partial charge in [0.15, 0.2) is 0 Å². The van der Waals surface area contributed by atoms with E-state index in [1.165, 1.54) is 49.7 Å². The fourth-order valence-electron chi connectivity index (χ4n) is 6.14. The highest BCUT2D eigenvalue weighted by atomic mass is 16.3. The van der Waals surface area contributed by atoms with E-state index in [2.05, 4.69) is 18.2 Å². The second kappa shape index (κ2) is 3.08.